The zero-order chi connectivity index (χ0) is 8.65. The Bertz CT molecular complexity index is 261. The fourth-order valence-electron chi connectivity index (χ4n) is 0.887. The molecule has 0 amide bonds. The number of halogens is 3. The van der Waals surface area contributed by atoms with E-state index in [9.17, 15) is 0 Å². The normalized spacial score (nSPS) is 12.1. The summed E-state index contributed by atoms with van der Waals surface area (Å²) in [5.41, 5.74) is 1.37. The molecular weight excluding hydrogens is 206 g/mol. The van der Waals surface area contributed by atoms with Gasteiger partial charge in [0.2, 0.25) is 3.79 Å². The summed E-state index contributed by atoms with van der Waals surface area (Å²) in [5.74, 6) is 0. The van der Waals surface area contributed by atoms with Gasteiger partial charge >= 0.3 is 0 Å². The van der Waals surface area contributed by atoms with Crippen molar-refractivity contribution in [3.05, 3.63) is 17.5 Å². The van der Waals surface area contributed by atoms with Crippen LogP contribution in [0.25, 0.3) is 0 Å². The van der Waals surface area contributed by atoms with Gasteiger partial charge in [0.15, 0.2) is 0 Å². The van der Waals surface area contributed by atoms with E-state index < -0.39 is 3.79 Å². The monoisotopic (exact) mass is 212 g/mol. The third kappa shape index (κ3) is 2.01. The molecule has 0 aliphatic heterocycles. The number of aromatic nitrogens is 2. The first-order chi connectivity index (χ1) is 4.91. The van der Waals surface area contributed by atoms with E-state index in [0.717, 1.165) is 5.56 Å². The van der Waals surface area contributed by atoms with Crippen LogP contribution in [0.3, 0.4) is 0 Å². The van der Waals surface area contributed by atoms with Crippen molar-refractivity contribution in [3.63, 3.8) is 0 Å². The van der Waals surface area contributed by atoms with Gasteiger partial charge in [0, 0.05) is 13.2 Å². The number of hydrogen-bond donors (Lipinski definition) is 0. The highest BCUT2D eigenvalue weighted by molar-refractivity contribution is 6.66. The average molecular weight is 213 g/mol. The Morgan fingerprint density at radius 2 is 2.00 bits per heavy atom. The lowest BCUT2D eigenvalue weighted by molar-refractivity contribution is 0.748. The van der Waals surface area contributed by atoms with Crippen molar-refractivity contribution in [3.8, 4) is 0 Å². The molecule has 0 aliphatic carbocycles. The maximum atomic E-state index is 5.63. The van der Waals surface area contributed by atoms with Crippen LogP contribution in [0.4, 0.5) is 0 Å². The Balaban J connectivity index is 3.13. The van der Waals surface area contributed by atoms with E-state index in [1.807, 2.05) is 6.92 Å². The first-order valence-electron chi connectivity index (χ1n) is 2.98. The minimum absolute atomic E-state index is 0.491. The highest BCUT2D eigenvalue weighted by Gasteiger charge is 2.27. The summed E-state index contributed by atoms with van der Waals surface area (Å²) in [7, 11) is 1.78. The molecule has 11 heavy (non-hydrogen) atoms. The molecule has 0 bridgehead atoms. The van der Waals surface area contributed by atoms with Crippen LogP contribution in [0, 0.1) is 6.92 Å². The molecule has 1 aromatic rings. The lowest BCUT2D eigenvalue weighted by Gasteiger charge is -2.07. The number of rotatable bonds is 0. The van der Waals surface area contributed by atoms with E-state index in [4.69, 9.17) is 34.8 Å². The summed E-state index contributed by atoms with van der Waals surface area (Å²) < 4.78 is 0.206. The summed E-state index contributed by atoms with van der Waals surface area (Å²) in [4.78, 5) is 0. The first kappa shape index (κ1) is 9.17. The second-order valence-corrected chi connectivity index (χ2v) is 4.61. The number of alkyl halides is 3. The first-order valence-corrected chi connectivity index (χ1v) is 4.12. The lowest BCUT2D eigenvalue weighted by Crippen LogP contribution is -2.03. The van der Waals surface area contributed by atoms with Gasteiger partial charge in [-0.3, -0.25) is 4.68 Å². The molecule has 1 heterocycles. The topological polar surface area (TPSA) is 17.8 Å². The van der Waals surface area contributed by atoms with Crippen molar-refractivity contribution in [2.75, 3.05) is 0 Å². The Morgan fingerprint density at radius 3 is 2.18 bits per heavy atom. The summed E-state index contributed by atoms with van der Waals surface area (Å²) in [5, 5.41) is 4.00. The number of nitrogens with zero attached hydrogens (tertiary/aromatic N) is 2. The van der Waals surface area contributed by atoms with Gasteiger partial charge in [-0.1, -0.05) is 34.8 Å². The molecule has 5 heteroatoms. The van der Waals surface area contributed by atoms with Crippen molar-refractivity contribution in [2.24, 2.45) is 7.05 Å². The Morgan fingerprint density at radius 1 is 1.45 bits per heavy atom. The smallest absolute Gasteiger partial charge is 0.234 e. The van der Waals surface area contributed by atoms with Crippen molar-refractivity contribution in [2.45, 2.75) is 10.7 Å². The van der Waals surface area contributed by atoms with Gasteiger partial charge in [0.05, 0.1) is 0 Å². The minimum atomic E-state index is -1.41. The van der Waals surface area contributed by atoms with E-state index in [1.54, 1.807) is 17.9 Å². The fourth-order valence-corrected chi connectivity index (χ4v) is 1.45. The Hall–Kier alpha value is 0.0800. The molecule has 1 aromatic heterocycles. The molecule has 0 radical (unpaired) electrons. The SMILES string of the molecule is Cc1cn(C)nc1C(Cl)(Cl)Cl. The fraction of sp³-hybridized carbons (Fsp3) is 0.500. The van der Waals surface area contributed by atoms with Gasteiger partial charge in [0.1, 0.15) is 5.69 Å². The summed E-state index contributed by atoms with van der Waals surface area (Å²) >= 11 is 16.9. The molecule has 0 N–H and O–H groups in total. The molecular formula is C6H7Cl3N2. The van der Waals surface area contributed by atoms with Crippen LogP contribution in [0.1, 0.15) is 11.3 Å². The van der Waals surface area contributed by atoms with E-state index >= 15 is 0 Å². The van der Waals surface area contributed by atoms with Crippen LogP contribution in [0.15, 0.2) is 6.20 Å². The molecule has 0 aromatic carbocycles. The highest BCUT2D eigenvalue weighted by atomic mass is 35.6. The Kier molecular flexibility index (Phi) is 2.37. The largest absolute Gasteiger partial charge is 0.275 e. The third-order valence-electron chi connectivity index (χ3n) is 1.28. The average Bonchev–Trinajstić information content (AvgIpc) is 2.08. The molecule has 0 fully saturated rings. The Labute approximate surface area is 80.0 Å². The van der Waals surface area contributed by atoms with E-state index in [2.05, 4.69) is 5.10 Å². The van der Waals surface area contributed by atoms with Crippen molar-refractivity contribution >= 4 is 34.8 Å². The maximum Gasteiger partial charge on any atom is 0.234 e. The second-order valence-electron chi connectivity index (χ2n) is 2.33. The molecule has 1 rings (SSSR count). The van der Waals surface area contributed by atoms with Crippen molar-refractivity contribution in [1.82, 2.24) is 9.78 Å². The molecule has 0 spiro atoms. The summed E-state index contributed by atoms with van der Waals surface area (Å²) in [6, 6.07) is 0. The molecule has 0 aliphatic rings. The van der Waals surface area contributed by atoms with E-state index in [-0.39, 0.29) is 0 Å². The van der Waals surface area contributed by atoms with E-state index in [1.165, 1.54) is 0 Å². The maximum absolute atomic E-state index is 5.63. The molecule has 0 atom stereocenters. The van der Waals surface area contributed by atoms with Gasteiger partial charge in [-0.15, -0.1) is 0 Å². The van der Waals surface area contributed by atoms with Crippen molar-refractivity contribution in [1.29, 1.82) is 0 Å². The van der Waals surface area contributed by atoms with Crippen molar-refractivity contribution < 1.29 is 0 Å². The van der Waals surface area contributed by atoms with Crippen LogP contribution in [-0.2, 0) is 10.8 Å². The standard InChI is InChI=1S/C6H7Cl3N2/c1-4-3-11(2)10-5(4)6(7,8)9/h3H,1-2H3. The van der Waals surface area contributed by atoms with Crippen LogP contribution in [0.5, 0.6) is 0 Å². The molecule has 0 saturated carbocycles. The number of hydrogen-bond acceptors (Lipinski definition) is 1. The second kappa shape index (κ2) is 2.85. The molecule has 0 saturated heterocycles. The van der Waals surface area contributed by atoms with Crippen LogP contribution in [-0.4, -0.2) is 9.78 Å². The predicted molar refractivity (Wildman–Crippen MR) is 47.2 cm³/mol. The van der Waals surface area contributed by atoms with Crippen LogP contribution in [0.2, 0.25) is 0 Å². The lowest BCUT2D eigenvalue weighted by atomic mass is 10.3. The molecule has 2 nitrogen and oxygen atoms in total. The van der Waals surface area contributed by atoms with Gasteiger partial charge in [-0.2, -0.15) is 5.10 Å². The van der Waals surface area contributed by atoms with Gasteiger partial charge in [0.25, 0.3) is 0 Å². The van der Waals surface area contributed by atoms with Gasteiger partial charge in [-0.05, 0) is 12.5 Å². The summed E-state index contributed by atoms with van der Waals surface area (Å²) in [6.45, 7) is 1.85. The quantitative estimate of drug-likeness (QED) is 0.606. The molecule has 62 valence electrons. The highest BCUT2D eigenvalue weighted by Crippen LogP contribution is 2.38. The zero-order valence-electron chi connectivity index (χ0n) is 6.11. The van der Waals surface area contributed by atoms with E-state index in [0.29, 0.717) is 5.69 Å². The van der Waals surface area contributed by atoms with Gasteiger partial charge in [-0.25, -0.2) is 0 Å². The zero-order valence-corrected chi connectivity index (χ0v) is 8.37. The van der Waals surface area contributed by atoms with Crippen LogP contribution < -0.4 is 0 Å². The van der Waals surface area contributed by atoms with Crippen LogP contribution >= 0.6 is 34.8 Å². The predicted octanol–water partition coefficient (Wildman–Crippen LogP) is 2.56. The summed E-state index contributed by atoms with van der Waals surface area (Å²) in [6.07, 6.45) is 1.80. The number of aryl methyl sites for hydroxylation is 2. The minimum Gasteiger partial charge on any atom is -0.275 e. The van der Waals surface area contributed by atoms with Gasteiger partial charge < -0.3 is 0 Å². The molecule has 0 unspecified atom stereocenters. The third-order valence-corrected chi connectivity index (χ3v) is 1.82.